The SMILES string of the molecule is CC1(C)c2ccccc2-c2cc(-c3c4ccccc4c(-c4cc5oc6ccc7ccccc7c6c5c5sc6ccccc6c45)c4ccccc34)ccc21. The standard InChI is InChI=1S/C51H32OS/c1-51(2)40-21-11-9-15-32(40)38-27-30(23-25-41(38)51)45-33-16-5-7-18-35(33)46(36-19-8-6-17-34(36)45)39-28-43-49(50-47(39)37-20-10-12-22-44(37)53-50)48-31-14-4-3-13-29(31)24-26-42(48)52-43/h3-28H,1-2H3. The van der Waals surface area contributed by atoms with Gasteiger partial charge in [-0.2, -0.15) is 0 Å². The molecule has 0 saturated heterocycles. The van der Waals surface area contributed by atoms with E-state index >= 15 is 0 Å². The molecule has 11 aromatic rings. The summed E-state index contributed by atoms with van der Waals surface area (Å²) in [6, 6.07) is 58.4. The fourth-order valence-corrected chi connectivity index (χ4v) is 11.0. The zero-order valence-corrected chi connectivity index (χ0v) is 30.1. The fourth-order valence-electron chi connectivity index (χ4n) is 9.71. The maximum absolute atomic E-state index is 6.84. The second kappa shape index (κ2) is 10.4. The number of benzene rings is 9. The van der Waals surface area contributed by atoms with Crippen LogP contribution in [0.1, 0.15) is 25.0 Å². The smallest absolute Gasteiger partial charge is 0.137 e. The number of fused-ring (bicyclic) bond motifs is 14. The van der Waals surface area contributed by atoms with Crippen LogP contribution in [0.2, 0.25) is 0 Å². The van der Waals surface area contributed by atoms with E-state index in [1.54, 1.807) is 0 Å². The molecular weight excluding hydrogens is 661 g/mol. The normalized spacial score (nSPS) is 13.6. The second-order valence-electron chi connectivity index (χ2n) is 15.1. The largest absolute Gasteiger partial charge is 0.456 e. The van der Waals surface area contributed by atoms with E-state index in [-0.39, 0.29) is 5.41 Å². The molecule has 0 fully saturated rings. The van der Waals surface area contributed by atoms with Crippen LogP contribution >= 0.6 is 11.3 Å². The summed E-state index contributed by atoms with van der Waals surface area (Å²) in [5, 5.41) is 12.5. The van der Waals surface area contributed by atoms with Gasteiger partial charge in [0.15, 0.2) is 0 Å². The molecule has 0 N–H and O–H groups in total. The Morgan fingerprint density at radius 1 is 0.434 bits per heavy atom. The van der Waals surface area contributed by atoms with Crippen molar-refractivity contribution in [3.8, 4) is 33.4 Å². The molecule has 0 spiro atoms. The quantitative estimate of drug-likeness (QED) is 0.164. The molecule has 0 aliphatic heterocycles. The van der Waals surface area contributed by atoms with Crippen molar-refractivity contribution in [2.24, 2.45) is 0 Å². The molecule has 0 saturated carbocycles. The molecule has 53 heavy (non-hydrogen) atoms. The summed E-state index contributed by atoms with van der Waals surface area (Å²) in [7, 11) is 0. The third kappa shape index (κ3) is 3.86. The zero-order chi connectivity index (χ0) is 35.0. The molecule has 0 bridgehead atoms. The van der Waals surface area contributed by atoms with Gasteiger partial charge in [-0.25, -0.2) is 0 Å². The molecule has 0 atom stereocenters. The van der Waals surface area contributed by atoms with Crippen LogP contribution < -0.4 is 0 Å². The Balaban J connectivity index is 1.22. The monoisotopic (exact) mass is 692 g/mol. The van der Waals surface area contributed by atoms with Gasteiger partial charge >= 0.3 is 0 Å². The average Bonchev–Trinajstić information content (AvgIpc) is 3.85. The predicted molar refractivity (Wildman–Crippen MR) is 228 cm³/mol. The highest BCUT2D eigenvalue weighted by Gasteiger charge is 2.35. The third-order valence-corrected chi connectivity index (χ3v) is 13.2. The van der Waals surface area contributed by atoms with Crippen LogP contribution in [-0.4, -0.2) is 0 Å². The fraction of sp³-hybridized carbons (Fsp3) is 0.0588. The molecule has 0 radical (unpaired) electrons. The molecular formula is C51H32OS. The van der Waals surface area contributed by atoms with Crippen LogP contribution in [-0.2, 0) is 5.41 Å². The van der Waals surface area contributed by atoms with E-state index in [0.29, 0.717) is 0 Å². The molecule has 12 rings (SSSR count). The molecule has 0 unspecified atom stereocenters. The van der Waals surface area contributed by atoms with Crippen molar-refractivity contribution in [2.45, 2.75) is 19.3 Å². The predicted octanol–water partition coefficient (Wildman–Crippen LogP) is 15.1. The molecule has 0 amide bonds. The third-order valence-electron chi connectivity index (χ3n) is 12.0. The lowest BCUT2D eigenvalue weighted by atomic mass is 9.81. The molecule has 2 heterocycles. The van der Waals surface area contributed by atoms with Gasteiger partial charge in [0, 0.05) is 36.4 Å². The zero-order valence-electron chi connectivity index (χ0n) is 29.3. The summed E-state index contributed by atoms with van der Waals surface area (Å²) < 4.78 is 9.41. The Labute approximate surface area is 310 Å². The molecule has 1 aliphatic carbocycles. The van der Waals surface area contributed by atoms with E-state index in [0.717, 1.165) is 11.2 Å². The van der Waals surface area contributed by atoms with Crippen molar-refractivity contribution in [3.63, 3.8) is 0 Å². The van der Waals surface area contributed by atoms with Crippen LogP contribution in [0.3, 0.4) is 0 Å². The van der Waals surface area contributed by atoms with Gasteiger partial charge in [-0.05, 0) is 101 Å². The van der Waals surface area contributed by atoms with Crippen molar-refractivity contribution >= 4 is 85.8 Å². The Kier molecular flexibility index (Phi) is 5.78. The summed E-state index contributed by atoms with van der Waals surface area (Å²) in [6.07, 6.45) is 0. The van der Waals surface area contributed by atoms with Gasteiger partial charge < -0.3 is 4.42 Å². The summed E-state index contributed by atoms with van der Waals surface area (Å²) in [4.78, 5) is 0. The van der Waals surface area contributed by atoms with E-state index in [1.165, 1.54) is 108 Å². The first kappa shape index (κ1) is 29.4. The minimum absolute atomic E-state index is 0.0330. The van der Waals surface area contributed by atoms with E-state index in [2.05, 4.69) is 172 Å². The molecule has 248 valence electrons. The van der Waals surface area contributed by atoms with Crippen LogP contribution in [0, 0.1) is 0 Å². The lowest BCUT2D eigenvalue weighted by Gasteiger charge is -2.22. The maximum atomic E-state index is 6.84. The highest BCUT2D eigenvalue weighted by atomic mass is 32.1. The molecule has 2 aromatic heterocycles. The maximum Gasteiger partial charge on any atom is 0.137 e. The van der Waals surface area contributed by atoms with Gasteiger partial charge in [-0.1, -0.05) is 147 Å². The minimum atomic E-state index is -0.0330. The Bertz CT molecular complexity index is 3320. The number of furan rings is 1. The number of thiophene rings is 1. The summed E-state index contributed by atoms with van der Waals surface area (Å²) in [5.41, 5.74) is 12.3. The van der Waals surface area contributed by atoms with Gasteiger partial charge in [-0.15, -0.1) is 11.3 Å². The van der Waals surface area contributed by atoms with E-state index in [1.807, 2.05) is 11.3 Å². The lowest BCUT2D eigenvalue weighted by Crippen LogP contribution is -2.14. The summed E-state index contributed by atoms with van der Waals surface area (Å²) in [5.74, 6) is 0. The van der Waals surface area contributed by atoms with Crippen LogP contribution in [0.4, 0.5) is 0 Å². The highest BCUT2D eigenvalue weighted by molar-refractivity contribution is 7.27. The Morgan fingerprint density at radius 2 is 1.06 bits per heavy atom. The first-order valence-electron chi connectivity index (χ1n) is 18.4. The number of hydrogen-bond donors (Lipinski definition) is 0. The van der Waals surface area contributed by atoms with E-state index in [9.17, 15) is 0 Å². The Morgan fingerprint density at radius 3 is 1.83 bits per heavy atom. The van der Waals surface area contributed by atoms with Crippen molar-refractivity contribution in [3.05, 3.63) is 169 Å². The van der Waals surface area contributed by atoms with Gasteiger partial charge in [-0.3, -0.25) is 0 Å². The number of hydrogen-bond acceptors (Lipinski definition) is 2. The van der Waals surface area contributed by atoms with Gasteiger partial charge in [0.2, 0.25) is 0 Å². The first-order valence-corrected chi connectivity index (χ1v) is 19.2. The average molecular weight is 693 g/mol. The molecule has 1 nitrogen and oxygen atoms in total. The number of rotatable bonds is 2. The molecule has 9 aromatic carbocycles. The van der Waals surface area contributed by atoms with Crippen LogP contribution in [0.5, 0.6) is 0 Å². The first-order chi connectivity index (χ1) is 26.1. The molecule has 1 aliphatic rings. The second-order valence-corrected chi connectivity index (χ2v) is 16.2. The van der Waals surface area contributed by atoms with Crippen LogP contribution in [0.25, 0.3) is 108 Å². The minimum Gasteiger partial charge on any atom is -0.456 e. The van der Waals surface area contributed by atoms with Crippen molar-refractivity contribution < 1.29 is 4.42 Å². The van der Waals surface area contributed by atoms with Gasteiger partial charge in [0.05, 0.1) is 0 Å². The van der Waals surface area contributed by atoms with Gasteiger partial charge in [0.25, 0.3) is 0 Å². The Hall–Kier alpha value is -6.22. The van der Waals surface area contributed by atoms with Crippen molar-refractivity contribution in [1.82, 2.24) is 0 Å². The van der Waals surface area contributed by atoms with Crippen molar-refractivity contribution in [2.75, 3.05) is 0 Å². The summed E-state index contributed by atoms with van der Waals surface area (Å²) >= 11 is 1.88. The topological polar surface area (TPSA) is 13.1 Å². The summed E-state index contributed by atoms with van der Waals surface area (Å²) in [6.45, 7) is 4.71. The lowest BCUT2D eigenvalue weighted by molar-refractivity contribution is 0.660. The van der Waals surface area contributed by atoms with Crippen molar-refractivity contribution in [1.29, 1.82) is 0 Å². The van der Waals surface area contributed by atoms with E-state index < -0.39 is 0 Å². The van der Waals surface area contributed by atoms with Crippen LogP contribution in [0.15, 0.2) is 162 Å². The van der Waals surface area contributed by atoms with E-state index in [4.69, 9.17) is 4.42 Å². The van der Waals surface area contributed by atoms with Gasteiger partial charge in [0.1, 0.15) is 11.2 Å². The molecule has 2 heteroatoms. The highest BCUT2D eigenvalue weighted by Crippen LogP contribution is 2.54.